The van der Waals surface area contributed by atoms with E-state index in [4.69, 9.17) is 10.00 Å². The Labute approximate surface area is 138 Å². The molecule has 126 valence electrons. The molecule has 0 saturated heterocycles. The number of benzene rings is 1. The van der Waals surface area contributed by atoms with Crippen molar-refractivity contribution in [1.82, 2.24) is 4.98 Å². The Morgan fingerprint density at radius 1 is 1.25 bits per heavy atom. The minimum atomic E-state index is -0.865. The number of aryl methyl sites for hydroxylation is 1. The summed E-state index contributed by atoms with van der Waals surface area (Å²) >= 11 is 0. The van der Waals surface area contributed by atoms with Gasteiger partial charge in [-0.3, -0.25) is 4.79 Å². The first-order chi connectivity index (χ1) is 11.3. The highest BCUT2D eigenvalue weighted by atomic mass is 19.1. The number of halogens is 2. The van der Waals surface area contributed by atoms with E-state index in [1.165, 1.54) is 6.07 Å². The van der Waals surface area contributed by atoms with Crippen LogP contribution >= 0.6 is 0 Å². The van der Waals surface area contributed by atoms with E-state index >= 15 is 0 Å². The first kappa shape index (κ1) is 17.7. The summed E-state index contributed by atoms with van der Waals surface area (Å²) in [7, 11) is 0. The molecule has 0 spiro atoms. The molecular formula is C18H18F2N2O2. The Bertz CT molecular complexity index is 828. The smallest absolute Gasteiger partial charge is 0.266 e. The molecule has 1 heterocycles. The summed E-state index contributed by atoms with van der Waals surface area (Å²) in [5, 5.41) is 9.13. The van der Waals surface area contributed by atoms with Crippen LogP contribution < -0.4 is 10.3 Å². The predicted molar refractivity (Wildman–Crippen MR) is 86.8 cm³/mol. The highest BCUT2D eigenvalue weighted by molar-refractivity contribution is 5.71. The summed E-state index contributed by atoms with van der Waals surface area (Å²) in [5.41, 5.74) is 0.0165. The van der Waals surface area contributed by atoms with Gasteiger partial charge in [0.05, 0.1) is 6.61 Å². The van der Waals surface area contributed by atoms with E-state index in [0.29, 0.717) is 18.0 Å². The van der Waals surface area contributed by atoms with Gasteiger partial charge in [-0.2, -0.15) is 5.26 Å². The average Bonchev–Trinajstić information content (AvgIpc) is 2.48. The molecule has 0 saturated carbocycles. The van der Waals surface area contributed by atoms with Crippen LogP contribution in [0.1, 0.15) is 31.5 Å². The second kappa shape index (κ2) is 7.26. The minimum absolute atomic E-state index is 0.118. The van der Waals surface area contributed by atoms with E-state index in [1.54, 1.807) is 13.0 Å². The second-order valence-corrected chi connectivity index (χ2v) is 5.98. The number of nitriles is 1. The summed E-state index contributed by atoms with van der Waals surface area (Å²) in [4.78, 5) is 14.3. The molecule has 1 aromatic heterocycles. The lowest BCUT2D eigenvalue weighted by molar-refractivity contribution is 0.263. The van der Waals surface area contributed by atoms with Gasteiger partial charge in [0.25, 0.3) is 5.56 Å². The maximum absolute atomic E-state index is 14.2. The van der Waals surface area contributed by atoms with Crippen molar-refractivity contribution >= 4 is 0 Å². The molecule has 0 atom stereocenters. The van der Waals surface area contributed by atoms with Crippen molar-refractivity contribution in [3.63, 3.8) is 0 Å². The van der Waals surface area contributed by atoms with Gasteiger partial charge in [-0.05, 0) is 43.0 Å². The van der Waals surface area contributed by atoms with Crippen molar-refractivity contribution in [3.8, 4) is 22.9 Å². The van der Waals surface area contributed by atoms with Crippen LogP contribution in [0.4, 0.5) is 8.78 Å². The molecule has 0 unspecified atom stereocenters. The van der Waals surface area contributed by atoms with Crippen LogP contribution in [-0.2, 0) is 0 Å². The SMILES string of the molecule is Cc1cc(-c2cc(F)c(OCCC(C)C)c(F)c2)c(C#N)c(=O)[nH]1. The van der Waals surface area contributed by atoms with E-state index < -0.39 is 22.9 Å². The zero-order valence-electron chi connectivity index (χ0n) is 13.7. The fourth-order valence-electron chi connectivity index (χ4n) is 2.28. The molecule has 0 aliphatic rings. The van der Waals surface area contributed by atoms with Gasteiger partial charge in [0, 0.05) is 11.3 Å². The average molecular weight is 332 g/mol. The predicted octanol–water partition coefficient (Wildman–Crippen LogP) is 3.93. The fraction of sp³-hybridized carbons (Fsp3) is 0.333. The van der Waals surface area contributed by atoms with Gasteiger partial charge in [0.2, 0.25) is 0 Å². The van der Waals surface area contributed by atoms with Crippen molar-refractivity contribution in [2.75, 3.05) is 6.61 Å². The number of nitrogens with one attached hydrogen (secondary N) is 1. The maximum Gasteiger partial charge on any atom is 0.266 e. The fourth-order valence-corrected chi connectivity index (χ4v) is 2.28. The second-order valence-electron chi connectivity index (χ2n) is 5.98. The van der Waals surface area contributed by atoms with Crippen molar-refractivity contribution in [3.05, 3.63) is 51.4 Å². The van der Waals surface area contributed by atoms with E-state index in [9.17, 15) is 13.6 Å². The first-order valence-electron chi connectivity index (χ1n) is 7.59. The largest absolute Gasteiger partial charge is 0.488 e. The van der Waals surface area contributed by atoms with Crippen molar-refractivity contribution in [1.29, 1.82) is 5.26 Å². The number of nitrogens with zero attached hydrogens (tertiary/aromatic N) is 1. The summed E-state index contributed by atoms with van der Waals surface area (Å²) in [6, 6.07) is 5.42. The third kappa shape index (κ3) is 3.80. The van der Waals surface area contributed by atoms with Crippen molar-refractivity contribution in [2.45, 2.75) is 27.2 Å². The summed E-state index contributed by atoms with van der Waals surface area (Å²) in [6.45, 7) is 5.80. The van der Waals surface area contributed by atoms with Gasteiger partial charge >= 0.3 is 0 Å². The quantitative estimate of drug-likeness (QED) is 0.902. The summed E-state index contributed by atoms with van der Waals surface area (Å²) in [5.74, 6) is -1.82. The number of pyridine rings is 1. The third-order valence-electron chi connectivity index (χ3n) is 3.53. The third-order valence-corrected chi connectivity index (χ3v) is 3.53. The van der Waals surface area contributed by atoms with Gasteiger partial charge in [-0.15, -0.1) is 0 Å². The van der Waals surface area contributed by atoms with Gasteiger partial charge in [-0.1, -0.05) is 13.8 Å². The van der Waals surface area contributed by atoms with Crippen molar-refractivity contribution in [2.24, 2.45) is 5.92 Å². The lowest BCUT2D eigenvalue weighted by Gasteiger charge is -2.12. The molecule has 0 aliphatic heterocycles. The zero-order valence-corrected chi connectivity index (χ0v) is 13.7. The molecule has 24 heavy (non-hydrogen) atoms. The maximum atomic E-state index is 14.2. The van der Waals surface area contributed by atoms with Crippen molar-refractivity contribution < 1.29 is 13.5 Å². The van der Waals surface area contributed by atoms with E-state index in [2.05, 4.69) is 4.98 Å². The molecule has 0 bridgehead atoms. The molecule has 0 amide bonds. The Morgan fingerprint density at radius 3 is 2.42 bits per heavy atom. The lowest BCUT2D eigenvalue weighted by atomic mass is 10.0. The standard InChI is InChI=1S/C18H18F2N2O2/c1-10(2)4-5-24-17-15(19)7-12(8-16(17)20)13-6-11(3)22-18(23)14(13)9-21/h6-8,10H,4-5H2,1-3H3,(H,22,23). The monoisotopic (exact) mass is 332 g/mol. The summed E-state index contributed by atoms with van der Waals surface area (Å²) < 4.78 is 33.6. The minimum Gasteiger partial charge on any atom is -0.488 e. The highest BCUT2D eigenvalue weighted by Gasteiger charge is 2.17. The first-order valence-corrected chi connectivity index (χ1v) is 7.59. The van der Waals surface area contributed by atoms with Crippen LogP contribution in [0.15, 0.2) is 23.0 Å². The Morgan fingerprint density at radius 2 is 1.88 bits per heavy atom. The van der Waals surface area contributed by atoms with Crippen LogP contribution in [0.25, 0.3) is 11.1 Å². The van der Waals surface area contributed by atoms with Crippen LogP contribution in [0, 0.1) is 35.8 Å². The number of aromatic nitrogens is 1. The van der Waals surface area contributed by atoms with Gasteiger partial charge < -0.3 is 9.72 Å². The number of H-pyrrole nitrogens is 1. The topological polar surface area (TPSA) is 65.9 Å². The number of hydrogen-bond donors (Lipinski definition) is 1. The van der Waals surface area contributed by atoms with Crippen LogP contribution in [0.2, 0.25) is 0 Å². The molecule has 6 heteroatoms. The van der Waals surface area contributed by atoms with Gasteiger partial charge in [0.1, 0.15) is 11.6 Å². The molecule has 1 aromatic carbocycles. The normalized spacial score (nSPS) is 10.7. The van der Waals surface area contributed by atoms with Crippen LogP contribution in [0.3, 0.4) is 0 Å². The lowest BCUT2D eigenvalue weighted by Crippen LogP contribution is -2.13. The molecule has 1 N–H and O–H groups in total. The van der Waals surface area contributed by atoms with E-state index in [-0.39, 0.29) is 23.3 Å². The van der Waals surface area contributed by atoms with Crippen LogP contribution in [-0.4, -0.2) is 11.6 Å². The van der Waals surface area contributed by atoms with Crippen LogP contribution in [0.5, 0.6) is 5.75 Å². The molecule has 0 fully saturated rings. The number of aromatic amines is 1. The molecule has 0 aliphatic carbocycles. The van der Waals surface area contributed by atoms with E-state index in [1.807, 2.05) is 13.8 Å². The Balaban J connectivity index is 2.45. The Hall–Kier alpha value is -2.68. The molecular weight excluding hydrogens is 314 g/mol. The molecule has 2 aromatic rings. The number of rotatable bonds is 5. The number of hydrogen-bond acceptors (Lipinski definition) is 3. The zero-order chi connectivity index (χ0) is 17.9. The highest BCUT2D eigenvalue weighted by Crippen LogP contribution is 2.30. The molecule has 2 rings (SSSR count). The van der Waals surface area contributed by atoms with Gasteiger partial charge in [-0.25, -0.2) is 8.78 Å². The number of ether oxygens (including phenoxy) is 1. The van der Waals surface area contributed by atoms with E-state index in [0.717, 1.165) is 12.1 Å². The molecule has 4 nitrogen and oxygen atoms in total. The summed E-state index contributed by atoms with van der Waals surface area (Å²) in [6.07, 6.45) is 0.673. The molecule has 0 radical (unpaired) electrons. The van der Waals surface area contributed by atoms with Gasteiger partial charge in [0.15, 0.2) is 17.4 Å². The Kier molecular flexibility index (Phi) is 5.35.